The van der Waals surface area contributed by atoms with Gasteiger partial charge in [0.05, 0.1) is 17.5 Å². The SMILES string of the molecule is C[C@@H](OC(=O)Nc1c(-c2ccc(C(=O)Nc3ccnc(C#N)c3)cn2)nnn1C)c1cc(F)cnc1Cl. The number of halogens is 2. The van der Waals surface area contributed by atoms with E-state index >= 15 is 0 Å². The number of ether oxygens (including phenoxy) is 1. The molecular weight excluding hydrogens is 505 g/mol. The van der Waals surface area contributed by atoms with Gasteiger partial charge in [-0.15, -0.1) is 5.10 Å². The average molecular weight is 522 g/mol. The van der Waals surface area contributed by atoms with Gasteiger partial charge in [-0.3, -0.25) is 15.1 Å². The molecule has 1 atom stereocenters. The van der Waals surface area contributed by atoms with Gasteiger partial charge in [0, 0.05) is 30.7 Å². The number of aromatic nitrogens is 6. The molecule has 12 nitrogen and oxygen atoms in total. The van der Waals surface area contributed by atoms with Crippen molar-refractivity contribution in [1.82, 2.24) is 29.9 Å². The van der Waals surface area contributed by atoms with E-state index in [1.54, 1.807) is 13.1 Å². The molecule has 4 rings (SSSR count). The summed E-state index contributed by atoms with van der Waals surface area (Å²) in [6, 6.07) is 9.07. The topological polar surface area (TPSA) is 161 Å². The highest BCUT2D eigenvalue weighted by molar-refractivity contribution is 6.30. The fraction of sp³-hybridized carbons (Fsp3) is 0.130. The molecule has 0 bridgehead atoms. The van der Waals surface area contributed by atoms with E-state index in [2.05, 4.69) is 35.9 Å². The molecule has 4 aromatic rings. The number of nitrogens with zero attached hydrogens (tertiary/aromatic N) is 7. The molecule has 0 aliphatic carbocycles. The van der Waals surface area contributed by atoms with Crippen LogP contribution in [-0.2, 0) is 11.8 Å². The molecule has 2 N–H and O–H groups in total. The first-order chi connectivity index (χ1) is 17.7. The molecule has 4 aromatic heterocycles. The van der Waals surface area contributed by atoms with Crippen molar-refractivity contribution < 1.29 is 18.7 Å². The molecule has 0 unspecified atom stereocenters. The molecular formula is C23H17ClFN9O3. The first-order valence-corrected chi connectivity index (χ1v) is 10.9. The summed E-state index contributed by atoms with van der Waals surface area (Å²) in [4.78, 5) is 36.9. The largest absolute Gasteiger partial charge is 0.441 e. The van der Waals surface area contributed by atoms with E-state index in [1.807, 2.05) is 6.07 Å². The minimum Gasteiger partial charge on any atom is -0.441 e. The fourth-order valence-electron chi connectivity index (χ4n) is 3.18. The number of amides is 2. The Bertz CT molecular complexity index is 1520. The van der Waals surface area contributed by atoms with Crippen LogP contribution in [-0.4, -0.2) is 41.9 Å². The zero-order valence-corrected chi connectivity index (χ0v) is 20.1. The summed E-state index contributed by atoms with van der Waals surface area (Å²) in [6.45, 7) is 1.52. The Morgan fingerprint density at radius 2 is 1.97 bits per heavy atom. The summed E-state index contributed by atoms with van der Waals surface area (Å²) < 4.78 is 20.1. The van der Waals surface area contributed by atoms with Crippen molar-refractivity contribution in [2.45, 2.75) is 13.0 Å². The lowest BCUT2D eigenvalue weighted by molar-refractivity contribution is 0.102. The van der Waals surface area contributed by atoms with Gasteiger partial charge in [-0.25, -0.2) is 23.8 Å². The summed E-state index contributed by atoms with van der Waals surface area (Å²) in [5, 5.41) is 22.1. The zero-order chi connectivity index (χ0) is 26.5. The molecule has 0 fully saturated rings. The second-order valence-electron chi connectivity index (χ2n) is 7.54. The number of aryl methyl sites for hydroxylation is 1. The highest BCUT2D eigenvalue weighted by Gasteiger charge is 2.21. The van der Waals surface area contributed by atoms with Crippen molar-refractivity contribution in [3.05, 3.63) is 76.7 Å². The second kappa shape index (κ2) is 10.8. The predicted molar refractivity (Wildman–Crippen MR) is 129 cm³/mol. The number of carbonyl (C=O) groups excluding carboxylic acids is 2. The molecule has 0 aromatic carbocycles. The lowest BCUT2D eigenvalue weighted by Crippen LogP contribution is -2.19. The Labute approximate surface area is 214 Å². The molecule has 0 spiro atoms. The number of hydrogen-bond acceptors (Lipinski definition) is 9. The van der Waals surface area contributed by atoms with Crippen molar-refractivity contribution in [3.63, 3.8) is 0 Å². The molecule has 0 aliphatic heterocycles. The maximum Gasteiger partial charge on any atom is 0.413 e. The molecule has 14 heteroatoms. The lowest BCUT2D eigenvalue weighted by Gasteiger charge is -2.15. The van der Waals surface area contributed by atoms with E-state index in [0.717, 1.165) is 12.3 Å². The Hall–Kier alpha value is -4.96. The first-order valence-electron chi connectivity index (χ1n) is 10.6. The van der Waals surface area contributed by atoms with Crippen LogP contribution in [0, 0.1) is 17.1 Å². The summed E-state index contributed by atoms with van der Waals surface area (Å²) in [5.74, 6) is -0.898. The minimum absolute atomic E-state index is 0.00681. The van der Waals surface area contributed by atoms with Crippen LogP contribution in [0.3, 0.4) is 0 Å². The van der Waals surface area contributed by atoms with Crippen molar-refractivity contribution in [3.8, 4) is 17.5 Å². The van der Waals surface area contributed by atoms with Crippen LogP contribution >= 0.6 is 11.6 Å². The third kappa shape index (κ3) is 5.82. The highest BCUT2D eigenvalue weighted by Crippen LogP contribution is 2.27. The molecule has 0 saturated heterocycles. The summed E-state index contributed by atoms with van der Waals surface area (Å²) in [6.07, 6.45) is 1.92. The molecule has 2 amide bonds. The van der Waals surface area contributed by atoms with Gasteiger partial charge in [-0.05, 0) is 37.3 Å². The van der Waals surface area contributed by atoms with Crippen LogP contribution in [0.25, 0.3) is 11.4 Å². The van der Waals surface area contributed by atoms with Crippen LogP contribution < -0.4 is 10.6 Å². The second-order valence-corrected chi connectivity index (χ2v) is 7.90. The molecule has 0 saturated carbocycles. The van der Waals surface area contributed by atoms with E-state index < -0.39 is 23.9 Å². The Morgan fingerprint density at radius 1 is 1.16 bits per heavy atom. The van der Waals surface area contributed by atoms with E-state index in [4.69, 9.17) is 21.6 Å². The lowest BCUT2D eigenvalue weighted by atomic mass is 10.2. The molecule has 0 radical (unpaired) electrons. The maximum absolute atomic E-state index is 13.5. The number of carbonyl (C=O) groups is 2. The minimum atomic E-state index is -0.902. The number of pyridine rings is 3. The van der Waals surface area contributed by atoms with Gasteiger partial charge in [-0.2, -0.15) is 5.26 Å². The Kier molecular flexibility index (Phi) is 7.31. The van der Waals surface area contributed by atoms with Crippen LogP contribution in [0.15, 0.2) is 48.9 Å². The van der Waals surface area contributed by atoms with Gasteiger partial charge in [0.2, 0.25) is 0 Å². The third-order valence-electron chi connectivity index (χ3n) is 5.00. The van der Waals surface area contributed by atoms with Crippen LogP contribution in [0.4, 0.5) is 20.7 Å². The zero-order valence-electron chi connectivity index (χ0n) is 19.3. The summed E-state index contributed by atoms with van der Waals surface area (Å²) >= 11 is 5.98. The van der Waals surface area contributed by atoms with E-state index in [0.29, 0.717) is 11.4 Å². The molecule has 37 heavy (non-hydrogen) atoms. The number of rotatable bonds is 6. The smallest absolute Gasteiger partial charge is 0.413 e. The van der Waals surface area contributed by atoms with Gasteiger partial charge in [-0.1, -0.05) is 16.8 Å². The number of nitrogens with one attached hydrogen (secondary N) is 2. The molecule has 186 valence electrons. The van der Waals surface area contributed by atoms with Crippen molar-refractivity contribution >= 4 is 35.1 Å². The summed E-state index contributed by atoms with van der Waals surface area (Å²) in [7, 11) is 1.55. The van der Waals surface area contributed by atoms with Gasteiger partial charge in [0.25, 0.3) is 5.91 Å². The van der Waals surface area contributed by atoms with E-state index in [1.165, 1.54) is 42.2 Å². The van der Waals surface area contributed by atoms with Crippen LogP contribution in [0.5, 0.6) is 0 Å². The van der Waals surface area contributed by atoms with Crippen molar-refractivity contribution in [2.24, 2.45) is 7.05 Å². The number of anilines is 2. The van der Waals surface area contributed by atoms with E-state index in [9.17, 15) is 14.0 Å². The predicted octanol–water partition coefficient (Wildman–Crippen LogP) is 3.89. The number of nitriles is 1. The quantitative estimate of drug-likeness (QED) is 0.358. The van der Waals surface area contributed by atoms with E-state index in [-0.39, 0.29) is 33.5 Å². The third-order valence-corrected chi connectivity index (χ3v) is 5.32. The van der Waals surface area contributed by atoms with Crippen molar-refractivity contribution in [1.29, 1.82) is 5.26 Å². The monoisotopic (exact) mass is 521 g/mol. The highest BCUT2D eigenvalue weighted by atomic mass is 35.5. The van der Waals surface area contributed by atoms with Crippen LogP contribution in [0.1, 0.15) is 34.6 Å². The van der Waals surface area contributed by atoms with Gasteiger partial charge in [0.1, 0.15) is 28.8 Å². The van der Waals surface area contributed by atoms with Gasteiger partial charge >= 0.3 is 6.09 Å². The number of hydrogen-bond donors (Lipinski definition) is 2. The molecule has 0 aliphatic rings. The van der Waals surface area contributed by atoms with Gasteiger partial charge < -0.3 is 10.1 Å². The standard InChI is InChI=1S/C23H17ClFN9O3/c1-12(17-7-14(25)11-29-20(17)24)37-23(36)31-21-19(32-33-34(21)2)18-4-3-13(10-28-18)22(35)30-15-5-6-27-16(8-15)9-26/h3-8,10-12H,1-2H3,(H,31,36)(H,27,30,35)/t12-/m1/s1. The molecule has 4 heterocycles. The normalized spacial score (nSPS) is 11.3. The fourth-order valence-corrected chi connectivity index (χ4v) is 3.44. The Morgan fingerprint density at radius 3 is 2.70 bits per heavy atom. The average Bonchev–Trinajstić information content (AvgIpc) is 3.25. The Balaban J connectivity index is 1.46. The summed E-state index contributed by atoms with van der Waals surface area (Å²) in [5.41, 5.74) is 1.55. The van der Waals surface area contributed by atoms with Gasteiger partial charge in [0.15, 0.2) is 11.5 Å². The maximum atomic E-state index is 13.5. The van der Waals surface area contributed by atoms with Crippen molar-refractivity contribution in [2.75, 3.05) is 10.6 Å². The first kappa shape index (κ1) is 25.1. The van der Waals surface area contributed by atoms with Crippen LogP contribution in [0.2, 0.25) is 5.15 Å².